The summed E-state index contributed by atoms with van der Waals surface area (Å²) in [6.45, 7) is 3.62. The van der Waals surface area contributed by atoms with Crippen molar-refractivity contribution in [3.63, 3.8) is 0 Å². The third-order valence-electron chi connectivity index (χ3n) is 5.95. The Kier molecular flexibility index (Phi) is 6.00. The van der Waals surface area contributed by atoms with Crippen LogP contribution in [0.4, 0.5) is 5.69 Å². The van der Waals surface area contributed by atoms with Gasteiger partial charge >= 0.3 is 0 Å². The number of benzene rings is 3. The molecule has 1 aromatic heterocycles. The number of halogens is 2. The first-order valence-electron chi connectivity index (χ1n) is 11.0. The number of anilines is 1. The normalized spacial score (nSPS) is 16.0. The summed E-state index contributed by atoms with van der Waals surface area (Å²) in [6.07, 6.45) is 0.394. The maximum Gasteiger partial charge on any atom is 0.227 e. The summed E-state index contributed by atoms with van der Waals surface area (Å²) in [5.74, 6) is 1.65. The summed E-state index contributed by atoms with van der Waals surface area (Å²) >= 11 is 12.4. The van der Waals surface area contributed by atoms with Crippen LogP contribution in [0.25, 0.3) is 11.0 Å². The van der Waals surface area contributed by atoms with E-state index in [2.05, 4.69) is 10.6 Å². The van der Waals surface area contributed by atoms with Crippen molar-refractivity contribution in [3.8, 4) is 5.75 Å². The minimum absolute atomic E-state index is 0.0395. The van der Waals surface area contributed by atoms with Crippen LogP contribution in [0.3, 0.4) is 0 Å². The van der Waals surface area contributed by atoms with Gasteiger partial charge in [0.05, 0.1) is 33.4 Å². The third-order valence-corrected chi connectivity index (χ3v) is 6.69. The Hall–Kier alpha value is -3.02. The first-order valence-corrected chi connectivity index (χ1v) is 11.7. The predicted molar refractivity (Wildman–Crippen MR) is 133 cm³/mol. The lowest BCUT2D eigenvalue weighted by Gasteiger charge is -2.20. The Morgan fingerprint density at radius 2 is 1.82 bits per heavy atom. The van der Waals surface area contributed by atoms with E-state index in [1.807, 2.05) is 72.5 Å². The molecule has 3 aromatic carbocycles. The lowest BCUT2D eigenvalue weighted by Crippen LogP contribution is -2.25. The molecule has 1 unspecified atom stereocenters. The summed E-state index contributed by atoms with van der Waals surface area (Å²) in [7, 11) is 0. The number of amides is 1. The smallest absolute Gasteiger partial charge is 0.227 e. The molecule has 1 aliphatic heterocycles. The second-order valence-electron chi connectivity index (χ2n) is 8.10. The van der Waals surface area contributed by atoms with Crippen molar-refractivity contribution in [1.29, 1.82) is 0 Å². The highest BCUT2D eigenvalue weighted by molar-refractivity contribution is 6.42. The highest BCUT2D eigenvalue weighted by Gasteiger charge is 2.36. The average molecular weight is 480 g/mol. The molecule has 0 bridgehead atoms. The van der Waals surface area contributed by atoms with E-state index >= 15 is 0 Å². The van der Waals surface area contributed by atoms with Gasteiger partial charge in [-0.2, -0.15) is 0 Å². The molecule has 0 aliphatic carbocycles. The molecule has 0 saturated carbocycles. The van der Waals surface area contributed by atoms with E-state index in [1.54, 1.807) is 0 Å². The Labute approximate surface area is 202 Å². The van der Waals surface area contributed by atoms with Crippen molar-refractivity contribution in [2.75, 3.05) is 18.1 Å². The van der Waals surface area contributed by atoms with Crippen LogP contribution >= 0.6 is 23.2 Å². The number of rotatable bonds is 6. The molecule has 1 fully saturated rings. The molecule has 5 nitrogen and oxygen atoms in total. The lowest BCUT2D eigenvalue weighted by molar-refractivity contribution is -0.117. The molecule has 0 N–H and O–H groups in total. The topological polar surface area (TPSA) is 47.4 Å². The van der Waals surface area contributed by atoms with Crippen LogP contribution < -0.4 is 9.64 Å². The third kappa shape index (κ3) is 4.19. The fourth-order valence-corrected chi connectivity index (χ4v) is 4.78. The number of para-hydroxylation sites is 4. The Bertz CT molecular complexity index is 1330. The number of fused-ring (bicyclic) bond motifs is 1. The van der Waals surface area contributed by atoms with Gasteiger partial charge in [-0.1, -0.05) is 53.5 Å². The van der Waals surface area contributed by atoms with E-state index in [9.17, 15) is 4.79 Å². The molecule has 1 atom stereocenters. The number of carbonyl (C=O) groups excluding carboxylic acids is 1. The standard InChI is InChI=1S/C26H23Cl2N3O2/c1-2-33-24-10-6-5-9-23(24)30-16-18(14-25(30)32)26-29-21-7-3-4-8-22(21)31(26)15-17-11-12-19(27)20(28)13-17/h3-13,18H,2,14-16H2,1H3. The zero-order chi connectivity index (χ0) is 22.9. The summed E-state index contributed by atoms with van der Waals surface area (Å²) in [5.41, 5.74) is 3.77. The average Bonchev–Trinajstić information content (AvgIpc) is 3.37. The molecule has 1 saturated heterocycles. The van der Waals surface area contributed by atoms with Crippen molar-refractivity contribution in [1.82, 2.24) is 9.55 Å². The van der Waals surface area contributed by atoms with Crippen LogP contribution in [0.2, 0.25) is 10.0 Å². The van der Waals surface area contributed by atoms with E-state index in [1.165, 1.54) is 0 Å². The highest BCUT2D eigenvalue weighted by atomic mass is 35.5. The Balaban J connectivity index is 1.52. The van der Waals surface area contributed by atoms with Crippen molar-refractivity contribution < 1.29 is 9.53 Å². The van der Waals surface area contributed by atoms with Crippen LogP contribution in [0.1, 0.15) is 30.7 Å². The van der Waals surface area contributed by atoms with Crippen LogP contribution in [-0.2, 0) is 11.3 Å². The number of aromatic nitrogens is 2. The fourth-order valence-electron chi connectivity index (χ4n) is 4.46. The monoisotopic (exact) mass is 479 g/mol. The van der Waals surface area contributed by atoms with Gasteiger partial charge < -0.3 is 14.2 Å². The van der Waals surface area contributed by atoms with Crippen molar-refractivity contribution in [2.45, 2.75) is 25.8 Å². The lowest BCUT2D eigenvalue weighted by atomic mass is 10.1. The molecular weight excluding hydrogens is 457 g/mol. The first-order chi connectivity index (χ1) is 16.0. The van der Waals surface area contributed by atoms with E-state index in [0.717, 1.165) is 33.9 Å². The Morgan fingerprint density at radius 3 is 2.64 bits per heavy atom. The molecule has 1 amide bonds. The minimum atomic E-state index is -0.0395. The molecule has 0 spiro atoms. The summed E-state index contributed by atoms with van der Waals surface area (Å²) in [6, 6.07) is 21.4. The van der Waals surface area contributed by atoms with Crippen LogP contribution in [0, 0.1) is 0 Å². The molecule has 0 radical (unpaired) electrons. The van der Waals surface area contributed by atoms with Gasteiger partial charge in [-0.3, -0.25) is 4.79 Å². The quantitative estimate of drug-likeness (QED) is 0.325. The van der Waals surface area contributed by atoms with Gasteiger partial charge in [0.15, 0.2) is 0 Å². The molecule has 7 heteroatoms. The number of ether oxygens (including phenoxy) is 1. The maximum absolute atomic E-state index is 13.1. The molecule has 2 heterocycles. The van der Waals surface area contributed by atoms with E-state index in [0.29, 0.717) is 36.2 Å². The van der Waals surface area contributed by atoms with Gasteiger partial charge in [-0.25, -0.2) is 4.98 Å². The number of nitrogens with zero attached hydrogens (tertiary/aromatic N) is 3. The van der Waals surface area contributed by atoms with E-state index < -0.39 is 0 Å². The first kappa shape index (κ1) is 21.8. The number of hydrogen-bond donors (Lipinski definition) is 0. The summed E-state index contributed by atoms with van der Waals surface area (Å²) < 4.78 is 7.96. The number of imidazole rings is 1. The van der Waals surface area contributed by atoms with Gasteiger partial charge in [0, 0.05) is 25.4 Å². The minimum Gasteiger partial charge on any atom is -0.492 e. The molecular formula is C26H23Cl2N3O2. The maximum atomic E-state index is 13.1. The van der Waals surface area contributed by atoms with Crippen LogP contribution in [-0.4, -0.2) is 28.6 Å². The van der Waals surface area contributed by atoms with Crippen molar-refractivity contribution in [3.05, 3.63) is 88.2 Å². The van der Waals surface area contributed by atoms with E-state index in [4.69, 9.17) is 32.9 Å². The zero-order valence-electron chi connectivity index (χ0n) is 18.2. The Morgan fingerprint density at radius 1 is 1.03 bits per heavy atom. The van der Waals surface area contributed by atoms with Gasteiger partial charge in [0.1, 0.15) is 11.6 Å². The van der Waals surface area contributed by atoms with E-state index in [-0.39, 0.29) is 11.8 Å². The van der Waals surface area contributed by atoms with Crippen molar-refractivity contribution in [2.24, 2.45) is 0 Å². The molecule has 1 aliphatic rings. The van der Waals surface area contributed by atoms with Gasteiger partial charge in [0.2, 0.25) is 5.91 Å². The molecule has 5 rings (SSSR count). The van der Waals surface area contributed by atoms with Gasteiger partial charge in [-0.15, -0.1) is 0 Å². The molecule has 33 heavy (non-hydrogen) atoms. The zero-order valence-corrected chi connectivity index (χ0v) is 19.7. The summed E-state index contributed by atoms with van der Waals surface area (Å²) in [4.78, 5) is 19.8. The second kappa shape index (κ2) is 9.08. The fraction of sp³-hybridized carbons (Fsp3) is 0.231. The van der Waals surface area contributed by atoms with Crippen LogP contribution in [0.5, 0.6) is 5.75 Å². The summed E-state index contributed by atoms with van der Waals surface area (Å²) in [5, 5.41) is 1.05. The molecule has 4 aromatic rings. The second-order valence-corrected chi connectivity index (χ2v) is 8.91. The number of carbonyl (C=O) groups is 1. The van der Waals surface area contributed by atoms with Crippen molar-refractivity contribution >= 4 is 45.8 Å². The highest BCUT2D eigenvalue weighted by Crippen LogP contribution is 2.37. The SMILES string of the molecule is CCOc1ccccc1N1CC(c2nc3ccccc3n2Cc2ccc(Cl)c(Cl)c2)CC1=O. The predicted octanol–water partition coefficient (Wildman–Crippen LogP) is 6.31. The molecule has 168 valence electrons. The van der Waals surface area contributed by atoms with Gasteiger partial charge in [-0.05, 0) is 48.9 Å². The van der Waals surface area contributed by atoms with Crippen LogP contribution in [0.15, 0.2) is 66.7 Å². The largest absolute Gasteiger partial charge is 0.492 e. The number of hydrogen-bond acceptors (Lipinski definition) is 3. The van der Waals surface area contributed by atoms with Gasteiger partial charge in [0.25, 0.3) is 0 Å².